The quantitative estimate of drug-likeness (QED) is 0.589. The van der Waals surface area contributed by atoms with Crippen LogP contribution in [0, 0.1) is 0 Å². The summed E-state index contributed by atoms with van der Waals surface area (Å²) in [4.78, 5) is 12.0. The van der Waals surface area contributed by atoms with Crippen molar-refractivity contribution in [1.82, 2.24) is 0 Å². The predicted octanol–water partition coefficient (Wildman–Crippen LogP) is -0.301. The second-order valence-corrected chi connectivity index (χ2v) is 5.45. The highest BCUT2D eigenvalue weighted by atomic mass is 32.2. The highest BCUT2D eigenvalue weighted by Gasteiger charge is 2.18. The largest absolute Gasteiger partial charge is 0.496 e. The number of ketones is 1. The monoisotopic (exact) mass is 346 g/mol. The molecule has 0 aromatic heterocycles. The summed E-state index contributed by atoms with van der Waals surface area (Å²) in [7, 11) is -2.99. The number of methoxy groups -OCH3 is 1. The summed E-state index contributed by atoms with van der Waals surface area (Å²) in [6.07, 6.45) is 0. The fourth-order valence-corrected chi connectivity index (χ4v) is 2.28. The van der Waals surface area contributed by atoms with E-state index in [1.54, 1.807) is 30.3 Å². The van der Waals surface area contributed by atoms with E-state index in [2.05, 4.69) is 0 Å². The van der Waals surface area contributed by atoms with Crippen LogP contribution in [0.1, 0.15) is 15.9 Å². The van der Waals surface area contributed by atoms with Gasteiger partial charge in [-0.25, -0.2) is 0 Å². The van der Waals surface area contributed by atoms with E-state index < -0.39 is 10.1 Å². The smallest absolute Gasteiger partial charge is 0.294 e. The number of rotatable bonds is 4. The van der Waals surface area contributed by atoms with Crippen LogP contribution in [0.4, 0.5) is 0 Å². The van der Waals surface area contributed by atoms with Gasteiger partial charge in [-0.2, -0.15) is 8.42 Å². The topological polar surface area (TPSA) is 175 Å². The Morgan fingerprint density at radius 1 is 1.00 bits per heavy atom. The van der Waals surface area contributed by atoms with Gasteiger partial charge in [-0.15, -0.1) is 0 Å². The van der Waals surface area contributed by atoms with Crippen molar-refractivity contribution in [2.75, 3.05) is 7.11 Å². The minimum atomic E-state index is -4.37. The molecule has 0 aliphatic heterocycles. The SMILES string of the molecule is COc1ccc(S(=O)(=O)O)cc1C(=O)c1ccccc1.O.O.O. The van der Waals surface area contributed by atoms with Gasteiger partial charge in [0.2, 0.25) is 0 Å². The molecular formula is C14H18O8S. The molecule has 0 unspecified atom stereocenters. The van der Waals surface area contributed by atoms with Crippen LogP contribution < -0.4 is 4.74 Å². The maximum atomic E-state index is 12.3. The number of carbonyl (C=O) groups is 1. The molecule has 9 heteroatoms. The summed E-state index contributed by atoms with van der Waals surface area (Å²) in [6.45, 7) is 0. The van der Waals surface area contributed by atoms with Gasteiger partial charge in [0.05, 0.1) is 17.6 Å². The molecule has 23 heavy (non-hydrogen) atoms. The Morgan fingerprint density at radius 2 is 1.57 bits per heavy atom. The summed E-state index contributed by atoms with van der Waals surface area (Å²) in [5.41, 5.74) is 0.479. The van der Waals surface area contributed by atoms with Crippen LogP contribution in [0.15, 0.2) is 53.4 Å². The third-order valence-electron chi connectivity index (χ3n) is 2.75. The highest BCUT2D eigenvalue weighted by Crippen LogP contribution is 2.25. The van der Waals surface area contributed by atoms with E-state index in [4.69, 9.17) is 9.29 Å². The van der Waals surface area contributed by atoms with Gasteiger partial charge in [0.25, 0.3) is 10.1 Å². The van der Waals surface area contributed by atoms with Crippen LogP contribution in [-0.4, -0.2) is 42.3 Å². The van der Waals surface area contributed by atoms with Crippen molar-refractivity contribution in [3.63, 3.8) is 0 Å². The summed E-state index contributed by atoms with van der Waals surface area (Å²) >= 11 is 0. The molecule has 8 nitrogen and oxygen atoms in total. The first kappa shape index (κ1) is 23.0. The van der Waals surface area contributed by atoms with Crippen LogP contribution in [-0.2, 0) is 10.1 Å². The second-order valence-electron chi connectivity index (χ2n) is 4.03. The van der Waals surface area contributed by atoms with Crippen molar-refractivity contribution in [1.29, 1.82) is 0 Å². The Kier molecular flexibility index (Phi) is 8.97. The molecule has 128 valence electrons. The summed E-state index contributed by atoms with van der Waals surface area (Å²) in [5, 5.41) is 0. The Labute approximate surface area is 133 Å². The lowest BCUT2D eigenvalue weighted by Crippen LogP contribution is -2.07. The van der Waals surface area contributed by atoms with Crippen LogP contribution in [0.25, 0.3) is 0 Å². The number of benzene rings is 2. The van der Waals surface area contributed by atoms with Gasteiger partial charge >= 0.3 is 0 Å². The van der Waals surface area contributed by atoms with Crippen LogP contribution in [0.3, 0.4) is 0 Å². The third-order valence-corrected chi connectivity index (χ3v) is 3.60. The van der Waals surface area contributed by atoms with E-state index in [0.717, 1.165) is 6.07 Å². The molecule has 7 N–H and O–H groups in total. The lowest BCUT2D eigenvalue weighted by molar-refractivity contribution is 0.103. The molecule has 0 saturated heterocycles. The van der Waals surface area contributed by atoms with E-state index in [1.165, 1.54) is 19.2 Å². The maximum absolute atomic E-state index is 12.3. The molecule has 0 bridgehead atoms. The molecule has 0 saturated carbocycles. The summed E-state index contributed by atoms with van der Waals surface area (Å²) in [5.74, 6) is -0.140. The molecule has 0 atom stereocenters. The zero-order valence-corrected chi connectivity index (χ0v) is 12.9. The lowest BCUT2D eigenvalue weighted by atomic mass is 10.0. The Morgan fingerprint density at radius 3 is 2.04 bits per heavy atom. The maximum Gasteiger partial charge on any atom is 0.294 e. The third kappa shape index (κ3) is 5.13. The van der Waals surface area contributed by atoms with Gasteiger partial charge in [0, 0.05) is 5.56 Å². The molecule has 0 aliphatic rings. The van der Waals surface area contributed by atoms with Gasteiger partial charge in [0.15, 0.2) is 5.78 Å². The zero-order chi connectivity index (χ0) is 14.8. The lowest BCUT2D eigenvalue weighted by Gasteiger charge is -2.09. The van der Waals surface area contributed by atoms with Gasteiger partial charge < -0.3 is 21.2 Å². The molecule has 0 heterocycles. The average molecular weight is 346 g/mol. The zero-order valence-electron chi connectivity index (χ0n) is 12.1. The van der Waals surface area contributed by atoms with Crippen molar-refractivity contribution in [3.8, 4) is 5.75 Å². The Hall–Kier alpha value is -2.30. The van der Waals surface area contributed by atoms with Crippen molar-refractivity contribution in [2.24, 2.45) is 0 Å². The molecule has 2 aromatic carbocycles. The Balaban J connectivity index is 0. The van der Waals surface area contributed by atoms with Crippen LogP contribution in [0.5, 0.6) is 5.75 Å². The van der Waals surface area contributed by atoms with Gasteiger partial charge in [-0.3, -0.25) is 9.35 Å². The Bertz CT molecular complexity index is 741. The fourth-order valence-electron chi connectivity index (χ4n) is 1.77. The van der Waals surface area contributed by atoms with E-state index in [0.29, 0.717) is 5.56 Å². The fraction of sp³-hybridized carbons (Fsp3) is 0.0714. The van der Waals surface area contributed by atoms with Crippen molar-refractivity contribution in [3.05, 3.63) is 59.7 Å². The summed E-state index contributed by atoms with van der Waals surface area (Å²) in [6, 6.07) is 12.0. The van der Waals surface area contributed by atoms with Gasteiger partial charge in [0.1, 0.15) is 5.75 Å². The number of hydrogen-bond donors (Lipinski definition) is 1. The van der Waals surface area contributed by atoms with Crippen molar-refractivity contribution < 1.29 is 38.9 Å². The average Bonchev–Trinajstić information content (AvgIpc) is 2.45. The first-order valence-corrected chi connectivity index (χ1v) is 7.13. The molecular weight excluding hydrogens is 328 g/mol. The predicted molar refractivity (Wildman–Crippen MR) is 83.5 cm³/mol. The molecule has 2 aromatic rings. The van der Waals surface area contributed by atoms with Crippen molar-refractivity contribution in [2.45, 2.75) is 4.90 Å². The number of hydrogen-bond acceptors (Lipinski definition) is 4. The minimum Gasteiger partial charge on any atom is -0.496 e. The highest BCUT2D eigenvalue weighted by molar-refractivity contribution is 7.85. The standard InChI is InChI=1S/C14H12O5S.3H2O/c1-19-13-8-7-11(20(16,17)18)9-12(13)14(15)10-5-3-2-4-6-10;;;/h2-9H,1H3,(H,16,17,18);3*1H2. The first-order chi connectivity index (χ1) is 9.43. The minimum absolute atomic E-state index is 0. The number of carbonyl (C=O) groups excluding carboxylic acids is 1. The first-order valence-electron chi connectivity index (χ1n) is 5.69. The van der Waals surface area contributed by atoms with E-state index in [-0.39, 0.29) is 38.4 Å². The van der Waals surface area contributed by atoms with Gasteiger partial charge in [-0.05, 0) is 18.2 Å². The number of ether oxygens (including phenoxy) is 1. The molecule has 0 aliphatic carbocycles. The molecule has 0 radical (unpaired) electrons. The molecule has 0 amide bonds. The van der Waals surface area contributed by atoms with Gasteiger partial charge in [-0.1, -0.05) is 30.3 Å². The van der Waals surface area contributed by atoms with E-state index in [1.807, 2.05) is 0 Å². The summed E-state index contributed by atoms with van der Waals surface area (Å²) < 4.78 is 36.4. The van der Waals surface area contributed by atoms with Crippen LogP contribution >= 0.6 is 0 Å². The van der Waals surface area contributed by atoms with E-state index in [9.17, 15) is 13.2 Å². The van der Waals surface area contributed by atoms with Crippen LogP contribution in [0.2, 0.25) is 0 Å². The normalized spacial score (nSPS) is 9.65. The molecule has 2 rings (SSSR count). The molecule has 0 fully saturated rings. The molecule has 0 spiro atoms. The van der Waals surface area contributed by atoms with Crippen molar-refractivity contribution >= 4 is 15.9 Å². The van der Waals surface area contributed by atoms with E-state index >= 15 is 0 Å². The second kappa shape index (κ2) is 8.98.